The largest absolute Gasteiger partial charge is 0.496 e. The Morgan fingerprint density at radius 1 is 1.24 bits per heavy atom. The summed E-state index contributed by atoms with van der Waals surface area (Å²) in [6, 6.07) is 4.63. The van der Waals surface area contributed by atoms with Gasteiger partial charge in [0.15, 0.2) is 0 Å². The van der Waals surface area contributed by atoms with Crippen molar-refractivity contribution in [2.24, 2.45) is 0 Å². The molecule has 0 aliphatic rings. The van der Waals surface area contributed by atoms with Gasteiger partial charge >= 0.3 is 0 Å². The first-order valence-electron chi connectivity index (χ1n) is 7.82. The Bertz CT molecular complexity index is 467. The number of methoxy groups -OCH3 is 1. The summed E-state index contributed by atoms with van der Waals surface area (Å²) >= 11 is 0. The van der Waals surface area contributed by atoms with Gasteiger partial charge in [0.05, 0.1) is 13.2 Å². The first kappa shape index (κ1) is 18.0. The molecule has 1 aromatic rings. The number of rotatable bonds is 7. The lowest BCUT2D eigenvalue weighted by Gasteiger charge is -2.41. The second kappa shape index (κ2) is 7.28. The molecule has 1 aromatic carbocycles. The van der Waals surface area contributed by atoms with Crippen LogP contribution in [0.4, 0.5) is 0 Å². The lowest BCUT2D eigenvalue weighted by molar-refractivity contribution is 0.136. The maximum absolute atomic E-state index is 5.73. The number of ether oxygens (including phenoxy) is 1. The molecule has 0 bridgehead atoms. The van der Waals surface area contributed by atoms with Gasteiger partial charge < -0.3 is 15.0 Å². The number of hydrogen-bond donors (Lipinski definition) is 1. The maximum Gasteiger partial charge on any atom is 0.126 e. The molecule has 0 radical (unpaired) electrons. The number of nitrogens with zero attached hydrogens (tertiary/aromatic N) is 1. The third-order valence-corrected chi connectivity index (χ3v) is 4.68. The van der Waals surface area contributed by atoms with Crippen molar-refractivity contribution in [3.8, 4) is 5.75 Å². The second-order valence-corrected chi connectivity index (χ2v) is 6.57. The molecule has 21 heavy (non-hydrogen) atoms. The quantitative estimate of drug-likeness (QED) is 0.829. The van der Waals surface area contributed by atoms with E-state index in [1.54, 1.807) is 7.11 Å². The minimum atomic E-state index is -0.00977. The monoisotopic (exact) mass is 292 g/mol. The Morgan fingerprint density at radius 3 is 2.33 bits per heavy atom. The molecule has 0 aliphatic heterocycles. The Hall–Kier alpha value is -1.06. The van der Waals surface area contributed by atoms with E-state index in [1.165, 1.54) is 16.7 Å². The SMILES string of the molecule is CCCNC(c1ccc(C)c(C)c1OC)C(C)(C)N(C)C. The lowest BCUT2D eigenvalue weighted by atomic mass is 9.85. The van der Waals surface area contributed by atoms with Gasteiger partial charge in [0.2, 0.25) is 0 Å². The van der Waals surface area contributed by atoms with Gasteiger partial charge in [0.1, 0.15) is 5.75 Å². The molecular formula is C18H32N2O. The maximum atomic E-state index is 5.73. The fourth-order valence-corrected chi connectivity index (χ4v) is 2.60. The van der Waals surface area contributed by atoms with Crippen LogP contribution in [-0.2, 0) is 0 Å². The predicted octanol–water partition coefficient (Wildman–Crippen LogP) is 3.69. The normalized spacial score (nSPS) is 13.6. The molecule has 3 heteroatoms. The van der Waals surface area contributed by atoms with Crippen molar-refractivity contribution >= 4 is 0 Å². The predicted molar refractivity (Wildman–Crippen MR) is 91.3 cm³/mol. The highest BCUT2D eigenvalue weighted by atomic mass is 16.5. The molecule has 3 nitrogen and oxygen atoms in total. The zero-order chi connectivity index (χ0) is 16.2. The molecule has 0 spiro atoms. The summed E-state index contributed by atoms with van der Waals surface area (Å²) in [5.41, 5.74) is 3.73. The van der Waals surface area contributed by atoms with E-state index in [-0.39, 0.29) is 11.6 Å². The standard InChI is InChI=1S/C18H32N2O/c1-9-12-19-17(18(4,5)20(6)7)15-11-10-13(2)14(3)16(15)21-8/h10-11,17,19H,9,12H2,1-8H3. The van der Waals surface area contributed by atoms with Gasteiger partial charge in [-0.25, -0.2) is 0 Å². The fraction of sp³-hybridized carbons (Fsp3) is 0.667. The first-order chi connectivity index (χ1) is 9.77. The highest BCUT2D eigenvalue weighted by Crippen LogP contribution is 2.37. The van der Waals surface area contributed by atoms with Gasteiger partial charge in [-0.3, -0.25) is 0 Å². The van der Waals surface area contributed by atoms with Gasteiger partial charge in [-0.2, -0.15) is 0 Å². The van der Waals surface area contributed by atoms with Gasteiger partial charge in [0, 0.05) is 11.1 Å². The van der Waals surface area contributed by atoms with Crippen LogP contribution in [0.25, 0.3) is 0 Å². The molecule has 1 rings (SSSR count). The number of aryl methyl sites for hydroxylation is 1. The van der Waals surface area contributed by atoms with E-state index < -0.39 is 0 Å². The van der Waals surface area contributed by atoms with Crippen LogP contribution in [0.15, 0.2) is 12.1 Å². The van der Waals surface area contributed by atoms with Crippen LogP contribution in [0.1, 0.15) is 49.9 Å². The van der Waals surface area contributed by atoms with Gasteiger partial charge in [-0.1, -0.05) is 19.1 Å². The highest BCUT2D eigenvalue weighted by molar-refractivity contribution is 5.47. The van der Waals surface area contributed by atoms with E-state index in [1.807, 2.05) is 0 Å². The molecule has 0 aromatic heterocycles. The zero-order valence-corrected chi connectivity index (χ0v) is 15.0. The number of likely N-dealkylation sites (N-methyl/N-ethyl adjacent to an activating group) is 1. The Kier molecular flexibility index (Phi) is 6.24. The number of nitrogens with one attached hydrogen (secondary N) is 1. The van der Waals surface area contributed by atoms with Crippen molar-refractivity contribution in [3.63, 3.8) is 0 Å². The van der Waals surface area contributed by atoms with Crippen molar-refractivity contribution in [2.45, 2.75) is 52.6 Å². The van der Waals surface area contributed by atoms with E-state index in [9.17, 15) is 0 Å². The smallest absolute Gasteiger partial charge is 0.126 e. The molecule has 120 valence electrons. The zero-order valence-electron chi connectivity index (χ0n) is 15.0. The van der Waals surface area contributed by atoms with Gasteiger partial charge in [-0.15, -0.1) is 0 Å². The summed E-state index contributed by atoms with van der Waals surface area (Å²) in [5.74, 6) is 1.01. The molecule has 0 aliphatic carbocycles. The van der Waals surface area contributed by atoms with Gasteiger partial charge in [0.25, 0.3) is 0 Å². The molecule has 0 saturated heterocycles. The van der Waals surface area contributed by atoms with Crippen LogP contribution in [0.3, 0.4) is 0 Å². The van der Waals surface area contributed by atoms with E-state index in [0.29, 0.717) is 0 Å². The molecule has 0 amide bonds. The Balaban J connectivity index is 3.36. The average molecular weight is 292 g/mol. The fourth-order valence-electron chi connectivity index (χ4n) is 2.60. The molecule has 1 unspecified atom stereocenters. The lowest BCUT2D eigenvalue weighted by Crippen LogP contribution is -2.49. The minimum Gasteiger partial charge on any atom is -0.496 e. The molecule has 0 fully saturated rings. The summed E-state index contributed by atoms with van der Waals surface area (Å²) in [6.45, 7) is 12.0. The molecule has 0 heterocycles. The second-order valence-electron chi connectivity index (χ2n) is 6.57. The van der Waals surface area contributed by atoms with Crippen LogP contribution in [0.2, 0.25) is 0 Å². The summed E-state index contributed by atoms with van der Waals surface area (Å²) < 4.78 is 5.73. The summed E-state index contributed by atoms with van der Waals surface area (Å²) in [4.78, 5) is 2.27. The van der Waals surface area contributed by atoms with Crippen molar-refractivity contribution in [1.82, 2.24) is 10.2 Å². The van der Waals surface area contributed by atoms with E-state index in [4.69, 9.17) is 4.74 Å². The third kappa shape index (κ3) is 3.78. The molecular weight excluding hydrogens is 260 g/mol. The molecule has 1 N–H and O–H groups in total. The third-order valence-electron chi connectivity index (χ3n) is 4.68. The van der Waals surface area contributed by atoms with Crippen LogP contribution >= 0.6 is 0 Å². The van der Waals surface area contributed by atoms with Crippen LogP contribution < -0.4 is 10.1 Å². The highest BCUT2D eigenvalue weighted by Gasteiger charge is 2.34. The van der Waals surface area contributed by atoms with Gasteiger partial charge in [-0.05, 0) is 65.9 Å². The van der Waals surface area contributed by atoms with Crippen LogP contribution in [-0.4, -0.2) is 38.2 Å². The van der Waals surface area contributed by atoms with Crippen molar-refractivity contribution in [3.05, 3.63) is 28.8 Å². The summed E-state index contributed by atoms with van der Waals surface area (Å²) in [5, 5.41) is 3.71. The summed E-state index contributed by atoms with van der Waals surface area (Å²) in [6.07, 6.45) is 1.12. The topological polar surface area (TPSA) is 24.5 Å². The van der Waals surface area contributed by atoms with Crippen molar-refractivity contribution in [2.75, 3.05) is 27.7 Å². The summed E-state index contributed by atoms with van der Waals surface area (Å²) in [7, 11) is 6.03. The molecule has 1 atom stereocenters. The van der Waals surface area contributed by atoms with Crippen molar-refractivity contribution in [1.29, 1.82) is 0 Å². The van der Waals surface area contributed by atoms with E-state index >= 15 is 0 Å². The number of benzene rings is 1. The van der Waals surface area contributed by atoms with E-state index in [2.05, 4.69) is 71.1 Å². The number of hydrogen-bond acceptors (Lipinski definition) is 3. The van der Waals surface area contributed by atoms with Crippen LogP contribution in [0.5, 0.6) is 5.75 Å². The van der Waals surface area contributed by atoms with Crippen molar-refractivity contribution < 1.29 is 4.74 Å². The minimum absolute atomic E-state index is 0.00977. The first-order valence-corrected chi connectivity index (χ1v) is 7.82. The average Bonchev–Trinajstić information content (AvgIpc) is 2.42. The van der Waals surface area contributed by atoms with Crippen LogP contribution in [0, 0.1) is 13.8 Å². The Morgan fingerprint density at radius 2 is 1.86 bits per heavy atom. The Labute approximate surface area is 130 Å². The molecule has 0 saturated carbocycles. The van der Waals surface area contributed by atoms with E-state index in [0.717, 1.165) is 18.7 Å².